The molecular weight excluding hydrogens is 247 g/mol. The lowest BCUT2D eigenvalue weighted by Crippen LogP contribution is -2.27. The van der Waals surface area contributed by atoms with Crippen LogP contribution in [0.15, 0.2) is 24.3 Å². The van der Waals surface area contributed by atoms with Crippen LogP contribution in [0.2, 0.25) is 0 Å². The number of benzene rings is 1. The molecule has 0 aliphatic carbocycles. The van der Waals surface area contributed by atoms with Gasteiger partial charge in [-0.25, -0.2) is 0 Å². The average molecular weight is 261 g/mol. The molecule has 0 amide bonds. The van der Waals surface area contributed by atoms with E-state index in [1.54, 1.807) is 0 Å². The molecule has 1 heterocycles. The Balaban J connectivity index is 1.89. The molecule has 1 aromatic carbocycles. The molecule has 1 atom stereocenters. The van der Waals surface area contributed by atoms with Crippen molar-refractivity contribution in [3.8, 4) is 0 Å². The second kappa shape index (κ2) is 5.31. The fourth-order valence-corrected chi connectivity index (χ4v) is 2.96. The zero-order valence-corrected chi connectivity index (χ0v) is 10.1. The molecule has 5 heteroatoms. The summed E-state index contributed by atoms with van der Waals surface area (Å²) >= 11 is 1.91. The summed E-state index contributed by atoms with van der Waals surface area (Å²) < 4.78 is 37.0. The largest absolute Gasteiger partial charge is 0.416 e. The summed E-state index contributed by atoms with van der Waals surface area (Å²) in [5.41, 5.74) is 0.313. The fourth-order valence-electron chi connectivity index (χ4n) is 1.77. The molecular formula is C12H14F3NS. The van der Waals surface area contributed by atoms with Gasteiger partial charge in [0.05, 0.1) is 5.56 Å². The second-order valence-corrected chi connectivity index (χ2v) is 5.29. The Bertz CT molecular complexity index is 355. The van der Waals surface area contributed by atoms with Crippen LogP contribution in [0.4, 0.5) is 13.2 Å². The Morgan fingerprint density at radius 3 is 2.47 bits per heavy atom. The smallest absolute Gasteiger partial charge is 0.309 e. The normalized spacial score (nSPS) is 20.8. The minimum atomic E-state index is -4.24. The SMILES string of the molecule is FC(F)(F)c1ccc(CNC2CCSC2)cc1. The molecule has 2 rings (SSSR count). The first-order chi connectivity index (χ1) is 8.05. The van der Waals surface area contributed by atoms with Crippen molar-refractivity contribution in [3.05, 3.63) is 35.4 Å². The van der Waals surface area contributed by atoms with Gasteiger partial charge in [0.25, 0.3) is 0 Å². The van der Waals surface area contributed by atoms with E-state index >= 15 is 0 Å². The molecule has 1 fully saturated rings. The topological polar surface area (TPSA) is 12.0 Å². The van der Waals surface area contributed by atoms with Crippen LogP contribution in [0.25, 0.3) is 0 Å². The molecule has 1 aliphatic heterocycles. The van der Waals surface area contributed by atoms with E-state index in [1.165, 1.54) is 17.9 Å². The van der Waals surface area contributed by atoms with Crippen molar-refractivity contribution in [1.82, 2.24) is 5.32 Å². The third kappa shape index (κ3) is 3.64. The van der Waals surface area contributed by atoms with Crippen LogP contribution in [0, 0.1) is 0 Å². The number of hydrogen-bond acceptors (Lipinski definition) is 2. The van der Waals surface area contributed by atoms with E-state index in [0.29, 0.717) is 12.6 Å². The van der Waals surface area contributed by atoms with Crippen molar-refractivity contribution in [2.24, 2.45) is 0 Å². The van der Waals surface area contributed by atoms with E-state index in [-0.39, 0.29) is 0 Å². The van der Waals surface area contributed by atoms with E-state index < -0.39 is 11.7 Å². The number of rotatable bonds is 3. The van der Waals surface area contributed by atoms with E-state index in [0.717, 1.165) is 29.9 Å². The van der Waals surface area contributed by atoms with Gasteiger partial charge in [-0.1, -0.05) is 12.1 Å². The molecule has 1 saturated heterocycles. The molecule has 1 nitrogen and oxygen atoms in total. The second-order valence-electron chi connectivity index (χ2n) is 4.14. The van der Waals surface area contributed by atoms with Gasteiger partial charge >= 0.3 is 6.18 Å². The summed E-state index contributed by atoms with van der Waals surface area (Å²) in [5, 5.41) is 3.35. The highest BCUT2D eigenvalue weighted by Crippen LogP contribution is 2.29. The van der Waals surface area contributed by atoms with Gasteiger partial charge < -0.3 is 5.32 Å². The Morgan fingerprint density at radius 1 is 1.24 bits per heavy atom. The molecule has 1 N–H and O–H groups in total. The van der Waals surface area contributed by atoms with Gasteiger partial charge in [-0.2, -0.15) is 24.9 Å². The van der Waals surface area contributed by atoms with Gasteiger partial charge in [-0.15, -0.1) is 0 Å². The zero-order chi connectivity index (χ0) is 12.3. The summed E-state index contributed by atoms with van der Waals surface area (Å²) in [4.78, 5) is 0. The van der Waals surface area contributed by atoms with Crippen LogP contribution in [0.3, 0.4) is 0 Å². The molecule has 1 aliphatic rings. The van der Waals surface area contributed by atoms with E-state index in [9.17, 15) is 13.2 Å². The highest BCUT2D eigenvalue weighted by molar-refractivity contribution is 7.99. The monoisotopic (exact) mass is 261 g/mol. The van der Waals surface area contributed by atoms with Gasteiger partial charge in [0.1, 0.15) is 0 Å². The van der Waals surface area contributed by atoms with Gasteiger partial charge in [0.2, 0.25) is 0 Å². The highest BCUT2D eigenvalue weighted by atomic mass is 32.2. The lowest BCUT2D eigenvalue weighted by molar-refractivity contribution is -0.137. The molecule has 0 radical (unpaired) electrons. The van der Waals surface area contributed by atoms with E-state index in [1.807, 2.05) is 11.8 Å². The predicted octanol–water partition coefficient (Wildman–Crippen LogP) is 3.30. The van der Waals surface area contributed by atoms with Gasteiger partial charge in [-0.3, -0.25) is 0 Å². The first-order valence-corrected chi connectivity index (χ1v) is 6.68. The van der Waals surface area contributed by atoms with Crippen LogP contribution in [0.5, 0.6) is 0 Å². The van der Waals surface area contributed by atoms with Crippen LogP contribution in [-0.4, -0.2) is 17.5 Å². The number of hydrogen-bond donors (Lipinski definition) is 1. The Kier molecular flexibility index (Phi) is 3.99. The maximum absolute atomic E-state index is 12.3. The quantitative estimate of drug-likeness (QED) is 0.896. The first-order valence-electron chi connectivity index (χ1n) is 5.53. The molecule has 0 spiro atoms. The van der Waals surface area contributed by atoms with Crippen molar-refractivity contribution in [2.45, 2.75) is 25.2 Å². The molecule has 94 valence electrons. The standard InChI is InChI=1S/C12H14F3NS/c13-12(14,15)10-3-1-9(2-4-10)7-16-11-5-6-17-8-11/h1-4,11,16H,5-8H2. The highest BCUT2D eigenvalue weighted by Gasteiger charge is 2.29. The van der Waals surface area contributed by atoms with Crippen molar-refractivity contribution in [2.75, 3.05) is 11.5 Å². The van der Waals surface area contributed by atoms with Gasteiger partial charge in [0.15, 0.2) is 0 Å². The van der Waals surface area contributed by atoms with Crippen molar-refractivity contribution < 1.29 is 13.2 Å². The Hall–Kier alpha value is -0.680. The van der Waals surface area contributed by atoms with Crippen LogP contribution in [-0.2, 0) is 12.7 Å². The predicted molar refractivity (Wildman–Crippen MR) is 64.0 cm³/mol. The summed E-state index contributed by atoms with van der Waals surface area (Å²) in [6.45, 7) is 0.642. The molecule has 17 heavy (non-hydrogen) atoms. The molecule has 0 bridgehead atoms. The van der Waals surface area contributed by atoms with Gasteiger partial charge in [0, 0.05) is 18.3 Å². The fraction of sp³-hybridized carbons (Fsp3) is 0.500. The van der Waals surface area contributed by atoms with Crippen LogP contribution >= 0.6 is 11.8 Å². The number of thioether (sulfide) groups is 1. The average Bonchev–Trinajstić information content (AvgIpc) is 2.78. The number of nitrogens with one attached hydrogen (secondary N) is 1. The van der Waals surface area contributed by atoms with E-state index in [2.05, 4.69) is 5.32 Å². The minimum absolute atomic E-state index is 0.502. The van der Waals surface area contributed by atoms with Crippen molar-refractivity contribution in [1.29, 1.82) is 0 Å². The lowest BCUT2D eigenvalue weighted by atomic mass is 10.1. The summed E-state index contributed by atoms with van der Waals surface area (Å²) in [6.07, 6.45) is -3.10. The molecule has 0 aromatic heterocycles. The third-order valence-corrected chi connectivity index (χ3v) is 3.97. The maximum atomic E-state index is 12.3. The summed E-state index contributed by atoms with van der Waals surface area (Å²) in [7, 11) is 0. The van der Waals surface area contributed by atoms with Crippen molar-refractivity contribution >= 4 is 11.8 Å². The third-order valence-electron chi connectivity index (χ3n) is 2.81. The summed E-state index contributed by atoms with van der Waals surface area (Å²) in [5.74, 6) is 2.27. The van der Waals surface area contributed by atoms with Crippen LogP contribution in [0.1, 0.15) is 17.5 Å². The maximum Gasteiger partial charge on any atom is 0.416 e. The molecule has 1 unspecified atom stereocenters. The minimum Gasteiger partial charge on any atom is -0.309 e. The molecule has 0 saturated carbocycles. The lowest BCUT2D eigenvalue weighted by Gasteiger charge is -2.12. The number of alkyl halides is 3. The Morgan fingerprint density at radius 2 is 1.94 bits per heavy atom. The first kappa shape index (κ1) is 12.8. The Labute approximate surface area is 103 Å². The van der Waals surface area contributed by atoms with Crippen molar-refractivity contribution in [3.63, 3.8) is 0 Å². The number of halogens is 3. The van der Waals surface area contributed by atoms with Gasteiger partial charge in [-0.05, 0) is 29.9 Å². The zero-order valence-electron chi connectivity index (χ0n) is 9.26. The summed E-state index contributed by atoms with van der Waals surface area (Å²) in [6, 6.07) is 5.86. The molecule has 1 aromatic rings. The van der Waals surface area contributed by atoms with Crippen LogP contribution < -0.4 is 5.32 Å². The van der Waals surface area contributed by atoms with E-state index in [4.69, 9.17) is 0 Å².